The molecule has 1 amide bonds. The highest BCUT2D eigenvalue weighted by Crippen LogP contribution is 2.29. The molecule has 2 saturated heterocycles. The van der Waals surface area contributed by atoms with Gasteiger partial charge in [0.05, 0.1) is 25.4 Å². The van der Waals surface area contributed by atoms with Gasteiger partial charge in [0.25, 0.3) is 0 Å². The lowest BCUT2D eigenvalue weighted by atomic mass is 10.1. The molecular weight excluding hydrogens is 418 g/mol. The van der Waals surface area contributed by atoms with E-state index in [0.29, 0.717) is 24.2 Å². The van der Waals surface area contributed by atoms with E-state index in [1.807, 2.05) is 29.3 Å². The normalized spacial score (nSPS) is 17.7. The lowest BCUT2D eigenvalue weighted by molar-refractivity contribution is -0.130. The van der Waals surface area contributed by atoms with Crippen molar-refractivity contribution in [2.24, 2.45) is 0 Å². The summed E-state index contributed by atoms with van der Waals surface area (Å²) in [7, 11) is 1.67. The van der Waals surface area contributed by atoms with Gasteiger partial charge in [-0.1, -0.05) is 26.0 Å². The molecule has 4 heterocycles. The van der Waals surface area contributed by atoms with Crippen molar-refractivity contribution >= 4 is 23.5 Å². The van der Waals surface area contributed by atoms with E-state index in [2.05, 4.69) is 42.2 Å². The fourth-order valence-corrected chi connectivity index (χ4v) is 4.58. The molecule has 3 aromatic rings. The summed E-state index contributed by atoms with van der Waals surface area (Å²) in [6.45, 7) is 8.76. The quantitative estimate of drug-likeness (QED) is 0.592. The summed E-state index contributed by atoms with van der Waals surface area (Å²) < 4.78 is 7.17. The van der Waals surface area contributed by atoms with E-state index in [0.717, 1.165) is 48.6 Å². The Morgan fingerprint density at radius 2 is 2.00 bits per heavy atom. The number of anilines is 2. The number of hydrogen-bond donors (Lipinski definition) is 1. The van der Waals surface area contributed by atoms with E-state index in [1.165, 1.54) is 0 Å². The van der Waals surface area contributed by atoms with Crippen LogP contribution in [-0.4, -0.2) is 63.2 Å². The molecule has 2 aliphatic rings. The topological polar surface area (TPSA) is 87.9 Å². The zero-order chi connectivity index (χ0) is 23.1. The predicted octanol–water partition coefficient (Wildman–Crippen LogP) is 3.24. The minimum absolute atomic E-state index is 0.0101. The number of aromatic nitrogens is 4. The summed E-state index contributed by atoms with van der Waals surface area (Å²) in [5.41, 5.74) is 2.99. The number of likely N-dealkylation sites (tertiary alicyclic amines) is 1. The number of hydrogen-bond acceptors (Lipinski definition) is 7. The van der Waals surface area contributed by atoms with Gasteiger partial charge in [-0.05, 0) is 37.0 Å². The van der Waals surface area contributed by atoms with E-state index in [1.54, 1.807) is 11.6 Å². The Hall–Kier alpha value is -3.36. The number of carbonyl (C=O) groups is 1. The lowest BCUT2D eigenvalue weighted by Crippen LogP contribution is -2.60. The van der Waals surface area contributed by atoms with Gasteiger partial charge < -0.3 is 19.9 Å². The molecule has 2 aromatic heterocycles. The second-order valence-electron chi connectivity index (χ2n) is 9.23. The van der Waals surface area contributed by atoms with Crippen LogP contribution in [0.5, 0.6) is 5.75 Å². The highest BCUT2D eigenvalue weighted by Gasteiger charge is 2.38. The molecule has 9 heteroatoms. The monoisotopic (exact) mass is 449 g/mol. The SMILES string of the molecule is COc1cccc([C@H](C)Nc2nc(N3CC(N4CCCC4=O)C3)nc3c(C(C)C)cnn23)c1. The number of benzene rings is 1. The zero-order valence-corrected chi connectivity index (χ0v) is 19.7. The van der Waals surface area contributed by atoms with Crippen LogP contribution < -0.4 is 15.0 Å². The fraction of sp³-hybridized carbons (Fsp3) is 0.500. The third kappa shape index (κ3) is 3.96. The predicted molar refractivity (Wildman–Crippen MR) is 127 cm³/mol. The third-order valence-electron chi connectivity index (χ3n) is 6.64. The minimum Gasteiger partial charge on any atom is -0.497 e. The Kier molecular flexibility index (Phi) is 5.55. The molecule has 1 aromatic carbocycles. The number of nitrogens with one attached hydrogen (secondary N) is 1. The average molecular weight is 450 g/mol. The molecule has 0 radical (unpaired) electrons. The van der Waals surface area contributed by atoms with Gasteiger partial charge in [0.1, 0.15) is 5.75 Å². The van der Waals surface area contributed by atoms with E-state index < -0.39 is 0 Å². The minimum atomic E-state index is -0.0101. The van der Waals surface area contributed by atoms with Gasteiger partial charge in [-0.2, -0.15) is 19.6 Å². The van der Waals surface area contributed by atoms with E-state index >= 15 is 0 Å². The molecule has 1 atom stereocenters. The second-order valence-corrected chi connectivity index (χ2v) is 9.23. The molecule has 2 fully saturated rings. The van der Waals surface area contributed by atoms with Crippen LogP contribution in [0.1, 0.15) is 56.7 Å². The zero-order valence-electron chi connectivity index (χ0n) is 19.7. The Bertz CT molecular complexity index is 1170. The largest absolute Gasteiger partial charge is 0.497 e. The van der Waals surface area contributed by atoms with E-state index in [4.69, 9.17) is 14.7 Å². The van der Waals surface area contributed by atoms with Gasteiger partial charge in [0.2, 0.25) is 17.8 Å². The molecule has 0 aliphatic carbocycles. The van der Waals surface area contributed by atoms with Crippen molar-refractivity contribution in [1.82, 2.24) is 24.5 Å². The summed E-state index contributed by atoms with van der Waals surface area (Å²) in [6, 6.07) is 8.25. The average Bonchev–Trinajstić information content (AvgIpc) is 3.39. The van der Waals surface area contributed by atoms with Crippen LogP contribution in [-0.2, 0) is 4.79 Å². The van der Waals surface area contributed by atoms with Gasteiger partial charge in [0, 0.05) is 31.6 Å². The smallest absolute Gasteiger partial charge is 0.230 e. The van der Waals surface area contributed by atoms with E-state index in [9.17, 15) is 4.79 Å². The number of nitrogens with zero attached hydrogens (tertiary/aromatic N) is 6. The molecule has 33 heavy (non-hydrogen) atoms. The lowest BCUT2D eigenvalue weighted by Gasteiger charge is -2.44. The third-order valence-corrected chi connectivity index (χ3v) is 6.64. The van der Waals surface area contributed by atoms with Crippen LogP contribution >= 0.6 is 0 Å². The summed E-state index contributed by atoms with van der Waals surface area (Å²) in [5.74, 6) is 2.70. The number of rotatable bonds is 7. The standard InChI is InChI=1S/C24H31N7O2/c1-15(2)20-12-25-31-22(20)27-23(29-13-18(14-29)30-10-6-9-21(30)32)28-24(31)26-16(3)17-7-5-8-19(11-17)33-4/h5,7-8,11-12,15-16,18H,6,9-10,13-14H2,1-4H3,(H,26,27,28)/t16-/m0/s1. The molecule has 9 nitrogen and oxygen atoms in total. The van der Waals surface area contributed by atoms with Crippen LogP contribution in [0, 0.1) is 0 Å². The Morgan fingerprint density at radius 3 is 2.70 bits per heavy atom. The second kappa shape index (κ2) is 8.53. The van der Waals surface area contributed by atoms with Crippen molar-refractivity contribution in [3.05, 3.63) is 41.6 Å². The number of fused-ring (bicyclic) bond motifs is 1. The van der Waals surface area contributed by atoms with Crippen molar-refractivity contribution in [3.63, 3.8) is 0 Å². The van der Waals surface area contributed by atoms with Gasteiger partial charge >= 0.3 is 0 Å². The van der Waals surface area contributed by atoms with Crippen LogP contribution in [0.4, 0.5) is 11.9 Å². The van der Waals surface area contributed by atoms with E-state index in [-0.39, 0.29) is 18.0 Å². The number of amides is 1. The first-order chi connectivity index (χ1) is 15.9. The molecule has 0 unspecified atom stereocenters. The fourth-order valence-electron chi connectivity index (χ4n) is 4.58. The molecule has 0 saturated carbocycles. The van der Waals surface area contributed by atoms with Crippen molar-refractivity contribution < 1.29 is 9.53 Å². The van der Waals surface area contributed by atoms with Crippen molar-refractivity contribution in [1.29, 1.82) is 0 Å². The van der Waals surface area contributed by atoms with Crippen LogP contribution in [0.25, 0.3) is 5.65 Å². The highest BCUT2D eigenvalue weighted by molar-refractivity contribution is 5.79. The van der Waals surface area contributed by atoms with Crippen molar-refractivity contribution in [3.8, 4) is 5.75 Å². The number of methoxy groups -OCH3 is 1. The molecule has 174 valence electrons. The Morgan fingerprint density at radius 1 is 1.18 bits per heavy atom. The Labute approximate surface area is 193 Å². The highest BCUT2D eigenvalue weighted by atomic mass is 16.5. The first-order valence-corrected chi connectivity index (χ1v) is 11.6. The van der Waals surface area contributed by atoms with Gasteiger partial charge in [-0.25, -0.2) is 0 Å². The summed E-state index contributed by atoms with van der Waals surface area (Å²) in [4.78, 5) is 26.0. The number of ether oxygens (including phenoxy) is 1. The van der Waals surface area contributed by atoms with Gasteiger partial charge in [0.15, 0.2) is 5.65 Å². The maximum atomic E-state index is 12.1. The molecular formula is C24H31N7O2. The number of carbonyl (C=O) groups excluding carboxylic acids is 1. The van der Waals surface area contributed by atoms with Crippen molar-refractivity contribution in [2.75, 3.05) is 37.0 Å². The van der Waals surface area contributed by atoms with Crippen LogP contribution in [0.2, 0.25) is 0 Å². The summed E-state index contributed by atoms with van der Waals surface area (Å²) in [6.07, 6.45) is 3.51. The molecule has 0 spiro atoms. The van der Waals surface area contributed by atoms with Crippen LogP contribution in [0.15, 0.2) is 30.5 Å². The molecule has 5 rings (SSSR count). The molecule has 0 bridgehead atoms. The molecule has 2 aliphatic heterocycles. The Balaban J connectivity index is 1.44. The summed E-state index contributed by atoms with van der Waals surface area (Å²) in [5, 5.41) is 8.11. The van der Waals surface area contributed by atoms with Gasteiger partial charge in [-0.3, -0.25) is 4.79 Å². The maximum absolute atomic E-state index is 12.1. The maximum Gasteiger partial charge on any atom is 0.230 e. The molecule has 1 N–H and O–H groups in total. The first kappa shape index (κ1) is 21.5. The van der Waals surface area contributed by atoms with Crippen LogP contribution in [0.3, 0.4) is 0 Å². The summed E-state index contributed by atoms with van der Waals surface area (Å²) >= 11 is 0. The first-order valence-electron chi connectivity index (χ1n) is 11.6. The van der Waals surface area contributed by atoms with Crippen molar-refractivity contribution in [2.45, 2.75) is 51.6 Å². The van der Waals surface area contributed by atoms with Gasteiger partial charge in [-0.15, -0.1) is 0 Å².